The highest BCUT2D eigenvalue weighted by molar-refractivity contribution is 5.95. The molecule has 2 aliphatic heterocycles. The number of benzene rings is 1. The maximum Gasteiger partial charge on any atom is 0.255 e. The predicted molar refractivity (Wildman–Crippen MR) is 112 cm³/mol. The molecule has 0 N–H and O–H groups in total. The zero-order valence-corrected chi connectivity index (χ0v) is 17.2. The Hall–Kier alpha value is -2.69. The van der Waals surface area contributed by atoms with Gasteiger partial charge in [-0.2, -0.15) is 0 Å². The van der Waals surface area contributed by atoms with Gasteiger partial charge in [0.25, 0.3) is 5.91 Å². The average molecular weight is 392 g/mol. The van der Waals surface area contributed by atoms with Gasteiger partial charge in [0.2, 0.25) is 0 Å². The molecule has 1 aromatic heterocycles. The smallest absolute Gasteiger partial charge is 0.255 e. The molecular weight excluding hydrogens is 364 g/mol. The molecule has 1 atom stereocenters. The molecule has 152 valence electrons. The number of likely N-dealkylation sites (tertiary alicyclic amines) is 1. The van der Waals surface area contributed by atoms with E-state index in [2.05, 4.69) is 24.9 Å². The van der Waals surface area contributed by atoms with E-state index >= 15 is 0 Å². The van der Waals surface area contributed by atoms with Crippen molar-refractivity contribution in [2.45, 2.75) is 39.5 Å². The van der Waals surface area contributed by atoms with Gasteiger partial charge in [-0.15, -0.1) is 0 Å². The first-order chi connectivity index (χ1) is 14.0. The molecule has 1 amide bonds. The van der Waals surface area contributed by atoms with Gasteiger partial charge < -0.3 is 9.64 Å². The van der Waals surface area contributed by atoms with Crippen molar-refractivity contribution in [3.8, 4) is 17.0 Å². The Bertz CT molecular complexity index is 905. The number of rotatable bonds is 5. The van der Waals surface area contributed by atoms with Crippen molar-refractivity contribution in [2.24, 2.45) is 11.8 Å². The summed E-state index contributed by atoms with van der Waals surface area (Å²) in [5.41, 5.74) is 3.55. The average Bonchev–Trinajstić information content (AvgIpc) is 3.22. The molecule has 29 heavy (non-hydrogen) atoms. The molecule has 5 heteroatoms. The van der Waals surface area contributed by atoms with Gasteiger partial charge in [0, 0.05) is 43.6 Å². The summed E-state index contributed by atoms with van der Waals surface area (Å²) in [5.74, 6) is 1.46. The number of amides is 1. The SMILES string of the molecule is CC(C)CC(=O)[C@@H]1CCCN(C(=O)c2ccc(-c3cccc4c3OCC4)nc2)C1. The van der Waals surface area contributed by atoms with Crippen molar-refractivity contribution >= 4 is 11.7 Å². The van der Waals surface area contributed by atoms with Crippen molar-refractivity contribution in [3.63, 3.8) is 0 Å². The highest BCUT2D eigenvalue weighted by atomic mass is 16.5. The van der Waals surface area contributed by atoms with Crippen LogP contribution in [0.1, 0.15) is 49.0 Å². The van der Waals surface area contributed by atoms with Crippen LogP contribution in [-0.2, 0) is 11.2 Å². The number of fused-ring (bicyclic) bond motifs is 1. The minimum Gasteiger partial charge on any atom is -0.492 e. The largest absolute Gasteiger partial charge is 0.492 e. The quantitative estimate of drug-likeness (QED) is 0.767. The summed E-state index contributed by atoms with van der Waals surface area (Å²) >= 11 is 0. The van der Waals surface area contributed by atoms with Gasteiger partial charge >= 0.3 is 0 Å². The number of pyridine rings is 1. The molecule has 1 saturated heterocycles. The van der Waals surface area contributed by atoms with Gasteiger partial charge in [-0.1, -0.05) is 26.0 Å². The molecule has 0 radical (unpaired) electrons. The Morgan fingerprint density at radius 2 is 2.10 bits per heavy atom. The first-order valence-electron chi connectivity index (χ1n) is 10.6. The fraction of sp³-hybridized carbons (Fsp3) is 0.458. The highest BCUT2D eigenvalue weighted by Crippen LogP contribution is 2.35. The van der Waals surface area contributed by atoms with Crippen molar-refractivity contribution in [3.05, 3.63) is 47.7 Å². The molecule has 0 aliphatic carbocycles. The van der Waals surface area contributed by atoms with Crippen molar-refractivity contribution in [1.29, 1.82) is 0 Å². The van der Waals surface area contributed by atoms with Gasteiger partial charge in [0.15, 0.2) is 0 Å². The second-order valence-corrected chi connectivity index (χ2v) is 8.48. The van der Waals surface area contributed by atoms with Crippen LogP contribution in [0.2, 0.25) is 0 Å². The molecule has 2 aromatic rings. The van der Waals surface area contributed by atoms with Gasteiger partial charge in [-0.3, -0.25) is 14.6 Å². The third-order valence-electron chi connectivity index (χ3n) is 5.77. The van der Waals surface area contributed by atoms with E-state index in [0.717, 1.165) is 36.3 Å². The number of para-hydroxylation sites is 1. The molecular formula is C24H28N2O3. The van der Waals surface area contributed by atoms with Gasteiger partial charge in [-0.05, 0) is 42.5 Å². The van der Waals surface area contributed by atoms with E-state index in [1.807, 2.05) is 29.2 Å². The van der Waals surface area contributed by atoms with E-state index in [9.17, 15) is 9.59 Å². The van der Waals surface area contributed by atoms with Crippen LogP contribution < -0.4 is 4.74 Å². The van der Waals surface area contributed by atoms with Crippen LogP contribution >= 0.6 is 0 Å². The lowest BCUT2D eigenvalue weighted by Gasteiger charge is -2.32. The van der Waals surface area contributed by atoms with E-state index in [1.54, 1.807) is 6.20 Å². The van der Waals surface area contributed by atoms with Crippen LogP contribution in [0.15, 0.2) is 36.5 Å². The van der Waals surface area contributed by atoms with Crippen LogP contribution in [0, 0.1) is 11.8 Å². The first kappa shape index (κ1) is 19.6. The number of piperidine rings is 1. The minimum atomic E-state index is -0.0411. The second kappa shape index (κ2) is 8.36. The number of carbonyl (C=O) groups is 2. The molecule has 4 rings (SSSR count). The third kappa shape index (κ3) is 4.19. The summed E-state index contributed by atoms with van der Waals surface area (Å²) < 4.78 is 5.77. The number of aromatic nitrogens is 1. The number of hydrogen-bond donors (Lipinski definition) is 0. The van der Waals surface area contributed by atoms with Gasteiger partial charge in [0.1, 0.15) is 11.5 Å². The number of carbonyl (C=O) groups excluding carboxylic acids is 2. The normalized spacial score (nSPS) is 18.4. The molecule has 3 heterocycles. The molecule has 0 unspecified atom stereocenters. The number of hydrogen-bond acceptors (Lipinski definition) is 4. The Balaban J connectivity index is 1.47. The van der Waals surface area contributed by atoms with Crippen LogP contribution in [0.4, 0.5) is 0 Å². The monoisotopic (exact) mass is 392 g/mol. The van der Waals surface area contributed by atoms with Crippen LogP contribution in [0.3, 0.4) is 0 Å². The summed E-state index contributed by atoms with van der Waals surface area (Å²) in [4.78, 5) is 31.8. The molecule has 1 fully saturated rings. The maximum absolute atomic E-state index is 13.0. The standard InChI is InChI=1S/C24H28N2O3/c1-16(2)13-22(27)19-6-4-11-26(15-19)24(28)18-8-9-21(25-14-18)20-7-3-5-17-10-12-29-23(17)20/h3,5,7-9,14,16,19H,4,6,10-13,15H2,1-2H3/t19-/m1/s1. The summed E-state index contributed by atoms with van der Waals surface area (Å²) in [6.07, 6.45) is 4.91. The van der Waals surface area contributed by atoms with E-state index < -0.39 is 0 Å². The van der Waals surface area contributed by atoms with Crippen molar-refractivity contribution in [2.75, 3.05) is 19.7 Å². The Labute approximate surface area is 172 Å². The summed E-state index contributed by atoms with van der Waals surface area (Å²) in [6.45, 7) is 6.04. The fourth-order valence-corrected chi connectivity index (χ4v) is 4.27. The molecule has 0 spiro atoms. The van der Waals surface area contributed by atoms with E-state index in [-0.39, 0.29) is 17.6 Å². The van der Waals surface area contributed by atoms with E-state index in [4.69, 9.17) is 4.74 Å². The van der Waals surface area contributed by atoms with Crippen LogP contribution in [0.25, 0.3) is 11.3 Å². The molecule has 0 bridgehead atoms. The predicted octanol–water partition coefficient (Wildman–Crippen LogP) is 4.15. The maximum atomic E-state index is 13.0. The van der Waals surface area contributed by atoms with Gasteiger partial charge in [0.05, 0.1) is 17.9 Å². The fourth-order valence-electron chi connectivity index (χ4n) is 4.27. The molecule has 0 saturated carbocycles. The summed E-state index contributed by atoms with van der Waals surface area (Å²) in [5, 5.41) is 0. The number of ether oxygens (including phenoxy) is 1. The summed E-state index contributed by atoms with van der Waals surface area (Å²) in [7, 11) is 0. The Morgan fingerprint density at radius 1 is 1.24 bits per heavy atom. The number of nitrogens with zero attached hydrogens (tertiary/aromatic N) is 2. The minimum absolute atomic E-state index is 0.0358. The third-order valence-corrected chi connectivity index (χ3v) is 5.77. The lowest BCUT2D eigenvalue weighted by Crippen LogP contribution is -2.42. The lowest BCUT2D eigenvalue weighted by molar-refractivity contribution is -0.124. The Morgan fingerprint density at radius 3 is 2.86 bits per heavy atom. The number of ketones is 1. The lowest BCUT2D eigenvalue weighted by atomic mass is 9.89. The van der Waals surface area contributed by atoms with Gasteiger partial charge in [-0.25, -0.2) is 0 Å². The topological polar surface area (TPSA) is 59.5 Å². The molecule has 5 nitrogen and oxygen atoms in total. The van der Waals surface area contributed by atoms with Crippen LogP contribution in [0.5, 0.6) is 5.75 Å². The second-order valence-electron chi connectivity index (χ2n) is 8.48. The van der Waals surface area contributed by atoms with E-state index in [1.165, 1.54) is 5.56 Å². The van der Waals surface area contributed by atoms with Crippen molar-refractivity contribution in [1.82, 2.24) is 9.88 Å². The molecule has 1 aromatic carbocycles. The zero-order chi connectivity index (χ0) is 20.4. The first-order valence-corrected chi connectivity index (χ1v) is 10.6. The highest BCUT2D eigenvalue weighted by Gasteiger charge is 2.29. The zero-order valence-electron chi connectivity index (χ0n) is 17.2. The molecule has 2 aliphatic rings. The van der Waals surface area contributed by atoms with Crippen molar-refractivity contribution < 1.29 is 14.3 Å². The number of Topliss-reactive ketones (excluding diaryl/α,β-unsaturated/α-hetero) is 1. The van der Waals surface area contributed by atoms with E-state index in [0.29, 0.717) is 37.6 Å². The van der Waals surface area contributed by atoms with Crippen LogP contribution in [-0.4, -0.2) is 41.3 Å². The Kier molecular flexibility index (Phi) is 5.65. The summed E-state index contributed by atoms with van der Waals surface area (Å²) in [6, 6.07) is 9.82.